The Bertz CT molecular complexity index is 921. The summed E-state index contributed by atoms with van der Waals surface area (Å²) in [7, 11) is 0. The van der Waals surface area contributed by atoms with Gasteiger partial charge in [-0.2, -0.15) is 0 Å². The summed E-state index contributed by atoms with van der Waals surface area (Å²) in [5.41, 5.74) is 3.57. The second-order valence-electron chi connectivity index (χ2n) is 6.78. The fourth-order valence-electron chi connectivity index (χ4n) is 2.90. The van der Waals surface area contributed by atoms with E-state index in [0.29, 0.717) is 27.8 Å². The molecule has 0 bridgehead atoms. The van der Waals surface area contributed by atoms with Gasteiger partial charge < -0.3 is 10.4 Å². The number of carbonyl (C=O) groups excluding carboxylic acids is 1. The Balaban J connectivity index is 1.87. The molecule has 0 aliphatic rings. The molecule has 1 amide bonds. The summed E-state index contributed by atoms with van der Waals surface area (Å²) in [6, 6.07) is 21.9. The molecule has 27 heavy (non-hydrogen) atoms. The summed E-state index contributed by atoms with van der Waals surface area (Å²) in [5.74, 6) is 0.181. The van der Waals surface area contributed by atoms with Crippen LogP contribution in [0.5, 0.6) is 0 Å². The van der Waals surface area contributed by atoms with Crippen LogP contribution in [0.4, 0.5) is 5.69 Å². The lowest BCUT2D eigenvalue weighted by Crippen LogP contribution is -2.15. The van der Waals surface area contributed by atoms with E-state index in [9.17, 15) is 9.90 Å². The Morgan fingerprint density at radius 1 is 0.926 bits per heavy atom. The monoisotopic (exact) mass is 379 g/mol. The van der Waals surface area contributed by atoms with E-state index in [0.717, 1.165) is 5.56 Å². The van der Waals surface area contributed by atoms with Crippen LogP contribution in [-0.4, -0.2) is 11.0 Å². The SMILES string of the molecule is CC(C)c1ccc(C(=O)Nc2ccc(Cl)cc2[C@@H](O)c2ccccc2)cc1. The van der Waals surface area contributed by atoms with E-state index in [4.69, 9.17) is 11.6 Å². The molecule has 3 aromatic rings. The van der Waals surface area contributed by atoms with Gasteiger partial charge in [-0.25, -0.2) is 0 Å². The molecule has 3 aromatic carbocycles. The molecule has 3 rings (SSSR count). The second-order valence-corrected chi connectivity index (χ2v) is 7.21. The van der Waals surface area contributed by atoms with Gasteiger partial charge in [-0.05, 0) is 47.4 Å². The first-order valence-electron chi connectivity index (χ1n) is 8.89. The van der Waals surface area contributed by atoms with Gasteiger partial charge in [0.2, 0.25) is 0 Å². The summed E-state index contributed by atoms with van der Waals surface area (Å²) in [6.45, 7) is 4.22. The topological polar surface area (TPSA) is 49.3 Å². The van der Waals surface area contributed by atoms with E-state index in [1.807, 2.05) is 54.6 Å². The van der Waals surface area contributed by atoms with E-state index in [-0.39, 0.29) is 5.91 Å². The molecule has 0 heterocycles. The van der Waals surface area contributed by atoms with Gasteiger partial charge in [0.25, 0.3) is 5.91 Å². The van der Waals surface area contributed by atoms with Crippen molar-refractivity contribution in [2.24, 2.45) is 0 Å². The Hall–Kier alpha value is -2.62. The molecular weight excluding hydrogens is 358 g/mol. The van der Waals surface area contributed by atoms with Crippen LogP contribution in [-0.2, 0) is 0 Å². The fourth-order valence-corrected chi connectivity index (χ4v) is 3.08. The fraction of sp³-hybridized carbons (Fsp3) is 0.174. The van der Waals surface area contributed by atoms with Crippen LogP contribution in [0.2, 0.25) is 5.02 Å². The van der Waals surface area contributed by atoms with E-state index >= 15 is 0 Å². The van der Waals surface area contributed by atoms with Crippen LogP contribution in [0.1, 0.15) is 52.9 Å². The van der Waals surface area contributed by atoms with E-state index < -0.39 is 6.10 Å². The molecule has 1 atom stereocenters. The van der Waals surface area contributed by atoms with Gasteiger partial charge in [0.1, 0.15) is 6.10 Å². The molecule has 3 nitrogen and oxygen atoms in total. The molecule has 0 saturated heterocycles. The highest BCUT2D eigenvalue weighted by atomic mass is 35.5. The third-order valence-electron chi connectivity index (χ3n) is 4.51. The zero-order chi connectivity index (χ0) is 19.4. The van der Waals surface area contributed by atoms with Crippen molar-refractivity contribution >= 4 is 23.2 Å². The third-order valence-corrected chi connectivity index (χ3v) is 4.75. The highest BCUT2D eigenvalue weighted by molar-refractivity contribution is 6.30. The largest absolute Gasteiger partial charge is 0.384 e. The van der Waals surface area contributed by atoms with Crippen LogP contribution in [0.3, 0.4) is 0 Å². The molecule has 0 unspecified atom stereocenters. The van der Waals surface area contributed by atoms with Gasteiger partial charge >= 0.3 is 0 Å². The van der Waals surface area contributed by atoms with Crippen LogP contribution in [0.15, 0.2) is 72.8 Å². The van der Waals surface area contributed by atoms with E-state index in [2.05, 4.69) is 19.2 Å². The normalized spacial score (nSPS) is 12.0. The number of hydrogen-bond acceptors (Lipinski definition) is 2. The molecule has 138 valence electrons. The van der Waals surface area contributed by atoms with Crippen LogP contribution < -0.4 is 5.32 Å². The summed E-state index contributed by atoms with van der Waals surface area (Å²) < 4.78 is 0. The van der Waals surface area contributed by atoms with Gasteiger partial charge in [0, 0.05) is 21.8 Å². The molecule has 0 radical (unpaired) electrons. The second kappa shape index (κ2) is 8.38. The molecule has 4 heteroatoms. The summed E-state index contributed by atoms with van der Waals surface area (Å²) in [6.07, 6.45) is -0.886. The molecule has 0 aliphatic carbocycles. The maximum absolute atomic E-state index is 12.7. The Labute approximate surface area is 164 Å². The number of hydrogen-bond donors (Lipinski definition) is 2. The van der Waals surface area contributed by atoms with E-state index in [1.165, 1.54) is 5.56 Å². The predicted octanol–water partition coefficient (Wildman–Crippen LogP) is 5.80. The summed E-state index contributed by atoms with van der Waals surface area (Å²) >= 11 is 6.13. The van der Waals surface area contributed by atoms with Crippen molar-refractivity contribution in [2.75, 3.05) is 5.32 Å². The highest BCUT2D eigenvalue weighted by Gasteiger charge is 2.17. The molecule has 0 aromatic heterocycles. The standard InChI is InChI=1S/C23H22ClNO2/c1-15(2)16-8-10-18(11-9-16)23(27)25-21-13-12-19(24)14-20(21)22(26)17-6-4-3-5-7-17/h3-15,22,26H,1-2H3,(H,25,27)/t22-/m0/s1. The quantitative estimate of drug-likeness (QED) is 0.588. The van der Waals surface area contributed by atoms with Crippen molar-refractivity contribution in [3.63, 3.8) is 0 Å². The van der Waals surface area contributed by atoms with E-state index in [1.54, 1.807) is 18.2 Å². The first kappa shape index (κ1) is 19.2. The minimum Gasteiger partial charge on any atom is -0.384 e. The number of carbonyl (C=O) groups is 1. The lowest BCUT2D eigenvalue weighted by molar-refractivity contribution is 0.102. The van der Waals surface area contributed by atoms with Crippen molar-refractivity contribution < 1.29 is 9.90 Å². The summed E-state index contributed by atoms with van der Waals surface area (Å²) in [5, 5.41) is 14.2. The lowest BCUT2D eigenvalue weighted by atomic mass is 9.99. The first-order valence-corrected chi connectivity index (χ1v) is 9.27. The number of amides is 1. The smallest absolute Gasteiger partial charge is 0.255 e. The third kappa shape index (κ3) is 4.57. The molecule has 2 N–H and O–H groups in total. The maximum Gasteiger partial charge on any atom is 0.255 e. The number of nitrogens with one attached hydrogen (secondary N) is 1. The van der Waals surface area contributed by atoms with Crippen LogP contribution in [0, 0.1) is 0 Å². The molecule has 0 saturated carbocycles. The number of halogens is 1. The zero-order valence-electron chi connectivity index (χ0n) is 15.3. The van der Waals surface area contributed by atoms with Crippen LogP contribution >= 0.6 is 11.6 Å². The first-order chi connectivity index (χ1) is 13.0. The van der Waals surface area contributed by atoms with Crippen molar-refractivity contribution in [1.29, 1.82) is 0 Å². The number of aliphatic hydroxyl groups excluding tert-OH is 1. The highest BCUT2D eigenvalue weighted by Crippen LogP contribution is 2.31. The number of rotatable bonds is 5. The molecule has 0 fully saturated rings. The lowest BCUT2D eigenvalue weighted by Gasteiger charge is -2.17. The van der Waals surface area contributed by atoms with Gasteiger partial charge in [-0.15, -0.1) is 0 Å². The minimum absolute atomic E-state index is 0.228. The predicted molar refractivity (Wildman–Crippen MR) is 110 cm³/mol. The summed E-state index contributed by atoms with van der Waals surface area (Å²) in [4.78, 5) is 12.7. The Kier molecular flexibility index (Phi) is 5.94. The number of benzene rings is 3. The number of anilines is 1. The number of aliphatic hydroxyl groups is 1. The molecule has 0 spiro atoms. The van der Waals surface area contributed by atoms with Crippen molar-refractivity contribution in [1.82, 2.24) is 0 Å². The molecular formula is C23H22ClNO2. The maximum atomic E-state index is 12.7. The van der Waals surface area contributed by atoms with Crippen LogP contribution in [0.25, 0.3) is 0 Å². The van der Waals surface area contributed by atoms with Crippen molar-refractivity contribution in [3.05, 3.63) is 100 Å². The Morgan fingerprint density at radius 2 is 1.59 bits per heavy atom. The average molecular weight is 380 g/mol. The Morgan fingerprint density at radius 3 is 2.22 bits per heavy atom. The molecule has 0 aliphatic heterocycles. The van der Waals surface area contributed by atoms with Gasteiger partial charge in [0.05, 0.1) is 0 Å². The zero-order valence-corrected chi connectivity index (χ0v) is 16.1. The van der Waals surface area contributed by atoms with Crippen molar-refractivity contribution in [2.45, 2.75) is 25.9 Å². The average Bonchev–Trinajstić information content (AvgIpc) is 2.69. The van der Waals surface area contributed by atoms with Crippen molar-refractivity contribution in [3.8, 4) is 0 Å². The minimum atomic E-state index is -0.886. The van der Waals surface area contributed by atoms with Gasteiger partial charge in [-0.1, -0.05) is 67.9 Å². The van der Waals surface area contributed by atoms with Gasteiger partial charge in [-0.3, -0.25) is 4.79 Å². The van der Waals surface area contributed by atoms with Gasteiger partial charge in [0.15, 0.2) is 0 Å².